The third kappa shape index (κ3) is 7.87. The minimum atomic E-state index is -4.08. The second-order valence-electron chi connectivity index (χ2n) is 8.96. The van der Waals surface area contributed by atoms with E-state index in [1.807, 2.05) is 37.3 Å². The summed E-state index contributed by atoms with van der Waals surface area (Å²) in [5.41, 5.74) is 5.04. The molecule has 1 N–H and O–H groups in total. The Morgan fingerprint density at radius 3 is 2.34 bits per heavy atom. The lowest BCUT2D eigenvalue weighted by Crippen LogP contribution is -2.40. The van der Waals surface area contributed by atoms with Crippen molar-refractivity contribution in [3.05, 3.63) is 119 Å². The number of carbonyl (C=O) groups excluding carboxylic acids is 1. The lowest BCUT2D eigenvalue weighted by Gasteiger charge is -2.25. The molecule has 4 rings (SSSR count). The number of ether oxygens (including phenoxy) is 2. The molecule has 0 fully saturated rings. The quantitative estimate of drug-likeness (QED) is 0.162. The van der Waals surface area contributed by atoms with E-state index in [9.17, 15) is 13.2 Å². The molecule has 0 bridgehead atoms. The Labute approximate surface area is 245 Å². The van der Waals surface area contributed by atoms with Crippen molar-refractivity contribution in [3.63, 3.8) is 0 Å². The van der Waals surface area contributed by atoms with E-state index in [1.54, 1.807) is 55.5 Å². The number of aryl methyl sites for hydroxylation is 1. The molecular formula is C31H30ClN3O5S. The largest absolute Gasteiger partial charge is 0.490 e. The first-order valence-electron chi connectivity index (χ1n) is 12.9. The van der Waals surface area contributed by atoms with E-state index in [-0.39, 0.29) is 4.90 Å². The molecule has 0 saturated carbocycles. The molecule has 0 aliphatic heterocycles. The van der Waals surface area contributed by atoms with Crippen molar-refractivity contribution in [2.75, 3.05) is 17.5 Å². The van der Waals surface area contributed by atoms with Gasteiger partial charge in [-0.05, 0) is 73.0 Å². The van der Waals surface area contributed by atoms with Crippen LogP contribution in [0.1, 0.15) is 23.6 Å². The molecule has 0 heterocycles. The highest BCUT2D eigenvalue weighted by Crippen LogP contribution is 2.30. The van der Waals surface area contributed by atoms with Gasteiger partial charge in [0.25, 0.3) is 15.9 Å². The van der Waals surface area contributed by atoms with Crippen molar-refractivity contribution in [1.82, 2.24) is 5.43 Å². The fourth-order valence-electron chi connectivity index (χ4n) is 3.94. The zero-order chi connectivity index (χ0) is 29.2. The van der Waals surface area contributed by atoms with Gasteiger partial charge < -0.3 is 9.47 Å². The number of hydrogen-bond acceptors (Lipinski definition) is 6. The van der Waals surface area contributed by atoms with Crippen molar-refractivity contribution in [3.8, 4) is 11.5 Å². The van der Waals surface area contributed by atoms with Crippen LogP contribution in [-0.4, -0.2) is 33.7 Å². The lowest BCUT2D eigenvalue weighted by molar-refractivity contribution is -0.119. The maximum Gasteiger partial charge on any atom is 0.264 e. The summed E-state index contributed by atoms with van der Waals surface area (Å²) in [6.07, 6.45) is 1.45. The summed E-state index contributed by atoms with van der Waals surface area (Å²) in [7, 11) is -4.08. The van der Waals surface area contributed by atoms with Gasteiger partial charge in [-0.1, -0.05) is 66.2 Å². The van der Waals surface area contributed by atoms with Crippen LogP contribution < -0.4 is 19.2 Å². The Hall–Kier alpha value is -4.34. The first-order chi connectivity index (χ1) is 19.8. The molecule has 4 aromatic rings. The van der Waals surface area contributed by atoms with E-state index in [2.05, 4.69) is 10.5 Å². The van der Waals surface area contributed by atoms with Crippen molar-refractivity contribution in [1.29, 1.82) is 0 Å². The molecule has 0 saturated heterocycles. The molecule has 0 atom stereocenters. The standard InChI is InChI=1S/C31H30ClN3O5S/c1-3-39-30-18-25(15-17-29(30)40-22-24-10-6-4-7-11-24)20-33-34-31(36)21-35(28-19-26(32)16-14-23(28)2)41(37,38)27-12-8-5-9-13-27/h4-20H,3,21-22H2,1-2H3,(H,34,36)/b33-20-. The molecular weight excluding hydrogens is 562 g/mol. The first kappa shape index (κ1) is 29.6. The molecule has 0 aliphatic rings. The number of amides is 1. The van der Waals surface area contributed by atoms with Crippen LogP contribution in [0.2, 0.25) is 5.02 Å². The molecule has 4 aromatic carbocycles. The van der Waals surface area contributed by atoms with E-state index in [1.165, 1.54) is 24.4 Å². The highest BCUT2D eigenvalue weighted by Gasteiger charge is 2.28. The van der Waals surface area contributed by atoms with Crippen LogP contribution in [0.4, 0.5) is 5.69 Å². The summed E-state index contributed by atoms with van der Waals surface area (Å²) >= 11 is 6.18. The lowest BCUT2D eigenvalue weighted by atomic mass is 10.2. The highest BCUT2D eigenvalue weighted by molar-refractivity contribution is 7.92. The second kappa shape index (κ2) is 13.8. The van der Waals surface area contributed by atoms with Crippen molar-refractivity contribution in [2.45, 2.75) is 25.3 Å². The summed E-state index contributed by atoms with van der Waals surface area (Å²) in [6.45, 7) is 3.94. The number of nitrogens with one attached hydrogen (secondary N) is 1. The van der Waals surface area contributed by atoms with Gasteiger partial charge in [0, 0.05) is 5.02 Å². The maximum absolute atomic E-state index is 13.5. The Morgan fingerprint density at radius 2 is 1.63 bits per heavy atom. The minimum Gasteiger partial charge on any atom is -0.490 e. The Balaban J connectivity index is 1.49. The number of hydrogen-bond donors (Lipinski definition) is 1. The predicted molar refractivity (Wildman–Crippen MR) is 161 cm³/mol. The van der Waals surface area contributed by atoms with Crippen LogP contribution in [0.3, 0.4) is 0 Å². The number of carbonyl (C=O) groups is 1. The van der Waals surface area contributed by atoms with Crippen molar-refractivity contribution < 1.29 is 22.7 Å². The maximum atomic E-state index is 13.5. The SMILES string of the molecule is CCOc1cc(/C=N\NC(=O)CN(c2cc(Cl)ccc2C)S(=O)(=O)c2ccccc2)ccc1OCc1ccccc1. The van der Waals surface area contributed by atoms with Gasteiger partial charge in [-0.15, -0.1) is 0 Å². The van der Waals surface area contributed by atoms with E-state index < -0.39 is 22.5 Å². The van der Waals surface area contributed by atoms with E-state index in [4.69, 9.17) is 21.1 Å². The summed E-state index contributed by atoms with van der Waals surface area (Å²) in [5, 5.41) is 4.38. The minimum absolute atomic E-state index is 0.0497. The number of hydrazone groups is 1. The van der Waals surface area contributed by atoms with Crippen LogP contribution in [0.5, 0.6) is 11.5 Å². The van der Waals surface area contributed by atoms with Gasteiger partial charge in [-0.2, -0.15) is 5.10 Å². The van der Waals surface area contributed by atoms with E-state index in [0.717, 1.165) is 9.87 Å². The summed E-state index contributed by atoms with van der Waals surface area (Å²) < 4.78 is 39.8. The first-order valence-corrected chi connectivity index (χ1v) is 14.7. The molecule has 1 amide bonds. The number of rotatable bonds is 12. The molecule has 8 nitrogen and oxygen atoms in total. The molecule has 0 aliphatic carbocycles. The van der Waals surface area contributed by atoms with Gasteiger partial charge in [0.05, 0.1) is 23.4 Å². The fourth-order valence-corrected chi connectivity index (χ4v) is 5.61. The smallest absolute Gasteiger partial charge is 0.264 e. The molecule has 0 unspecified atom stereocenters. The van der Waals surface area contributed by atoms with Gasteiger partial charge in [-0.25, -0.2) is 13.8 Å². The average molecular weight is 592 g/mol. The van der Waals surface area contributed by atoms with Crippen LogP contribution in [0.15, 0.2) is 107 Å². The van der Waals surface area contributed by atoms with Gasteiger partial charge in [0.1, 0.15) is 13.2 Å². The summed E-state index contributed by atoms with van der Waals surface area (Å²) in [6, 6.07) is 27.9. The molecule has 212 valence electrons. The Bertz CT molecular complexity index is 1610. The number of halogens is 1. The number of anilines is 1. The van der Waals surface area contributed by atoms with Crippen LogP contribution in [-0.2, 0) is 21.4 Å². The van der Waals surface area contributed by atoms with Gasteiger partial charge in [0.15, 0.2) is 11.5 Å². The normalized spacial score (nSPS) is 11.3. The predicted octanol–water partition coefficient (Wildman–Crippen LogP) is 5.97. The van der Waals surface area contributed by atoms with Crippen LogP contribution in [0, 0.1) is 6.92 Å². The second-order valence-corrected chi connectivity index (χ2v) is 11.3. The monoisotopic (exact) mass is 591 g/mol. The molecule has 41 heavy (non-hydrogen) atoms. The third-order valence-corrected chi connectivity index (χ3v) is 7.97. The van der Waals surface area contributed by atoms with Crippen LogP contribution >= 0.6 is 11.6 Å². The molecule has 10 heteroatoms. The third-order valence-electron chi connectivity index (χ3n) is 5.97. The zero-order valence-corrected chi connectivity index (χ0v) is 24.2. The van der Waals surface area contributed by atoms with Crippen LogP contribution in [0.25, 0.3) is 0 Å². The number of benzene rings is 4. The molecule has 0 radical (unpaired) electrons. The van der Waals surface area contributed by atoms with Crippen molar-refractivity contribution >= 4 is 39.4 Å². The van der Waals surface area contributed by atoms with Gasteiger partial charge in [-0.3, -0.25) is 9.10 Å². The topological polar surface area (TPSA) is 97.3 Å². The van der Waals surface area contributed by atoms with Gasteiger partial charge in [0.2, 0.25) is 0 Å². The van der Waals surface area contributed by atoms with Gasteiger partial charge >= 0.3 is 0 Å². The Morgan fingerprint density at radius 1 is 0.927 bits per heavy atom. The fraction of sp³-hybridized carbons (Fsp3) is 0.161. The summed E-state index contributed by atoms with van der Waals surface area (Å²) in [5.74, 6) is 0.485. The molecule has 0 spiro atoms. The number of nitrogens with zero attached hydrogens (tertiary/aromatic N) is 2. The molecule has 0 aromatic heterocycles. The van der Waals surface area contributed by atoms with E-state index in [0.29, 0.717) is 46.5 Å². The van der Waals surface area contributed by atoms with Crippen molar-refractivity contribution in [2.24, 2.45) is 5.10 Å². The Kier molecular flexibility index (Phi) is 10.00. The zero-order valence-electron chi connectivity index (χ0n) is 22.7. The highest BCUT2D eigenvalue weighted by atomic mass is 35.5. The summed E-state index contributed by atoms with van der Waals surface area (Å²) in [4.78, 5) is 13.0. The number of sulfonamides is 1. The van der Waals surface area contributed by atoms with E-state index >= 15 is 0 Å². The average Bonchev–Trinajstić information content (AvgIpc) is 2.98.